The van der Waals surface area contributed by atoms with Crippen LogP contribution in [0.15, 0.2) is 42.5 Å². The molecule has 3 aromatic rings. The second kappa shape index (κ2) is 10.8. The number of nitrogens with one attached hydrogen (secondary N) is 1. The molecule has 154 valence electrons. The zero-order valence-electron chi connectivity index (χ0n) is 15.9. The molecular weight excluding hydrogens is 478 g/mol. The van der Waals surface area contributed by atoms with E-state index < -0.39 is 0 Å². The highest BCUT2D eigenvalue weighted by molar-refractivity contribution is 9.09. The zero-order valence-corrected chi connectivity index (χ0v) is 19.0. The Kier molecular flexibility index (Phi) is 8.18. The standard InChI is InChI=1S/C21H21BrClNO4S/c1-26-11-12-27-17-8-7-14(23)13-16(17)24-21(25)20-19(28-10-4-9-22)15-5-2-3-6-18(15)29-20/h2-3,5-8,13H,4,9-12H2,1H3,(H,24,25). The predicted octanol–water partition coefficient (Wildman–Crippen LogP) is 6.00. The quantitative estimate of drug-likeness (QED) is 0.275. The predicted molar refractivity (Wildman–Crippen MR) is 123 cm³/mol. The van der Waals surface area contributed by atoms with Gasteiger partial charge in [-0.05, 0) is 36.8 Å². The van der Waals surface area contributed by atoms with Gasteiger partial charge in [0, 0.05) is 27.5 Å². The minimum absolute atomic E-state index is 0.265. The Hall–Kier alpha value is -1.80. The molecule has 1 amide bonds. The van der Waals surface area contributed by atoms with Gasteiger partial charge in [0.25, 0.3) is 5.91 Å². The second-order valence-corrected chi connectivity index (χ2v) is 8.36. The molecule has 0 aliphatic carbocycles. The number of anilines is 1. The number of benzene rings is 2. The number of rotatable bonds is 10. The van der Waals surface area contributed by atoms with Gasteiger partial charge < -0.3 is 19.5 Å². The van der Waals surface area contributed by atoms with Crippen molar-refractivity contribution in [1.29, 1.82) is 0 Å². The van der Waals surface area contributed by atoms with Gasteiger partial charge in [0.1, 0.15) is 17.2 Å². The van der Waals surface area contributed by atoms with E-state index in [9.17, 15) is 4.79 Å². The number of halogens is 2. The highest BCUT2D eigenvalue weighted by Crippen LogP contribution is 2.39. The summed E-state index contributed by atoms with van der Waals surface area (Å²) in [7, 11) is 1.60. The fourth-order valence-corrected chi connectivity index (χ4v) is 4.13. The van der Waals surface area contributed by atoms with Crippen molar-refractivity contribution in [2.24, 2.45) is 0 Å². The van der Waals surface area contributed by atoms with Crippen LogP contribution >= 0.6 is 38.9 Å². The summed E-state index contributed by atoms with van der Waals surface area (Å²) in [5.41, 5.74) is 0.502. The smallest absolute Gasteiger partial charge is 0.269 e. The lowest BCUT2D eigenvalue weighted by Gasteiger charge is -2.13. The van der Waals surface area contributed by atoms with Crippen LogP contribution in [0, 0.1) is 0 Å². The summed E-state index contributed by atoms with van der Waals surface area (Å²) in [5, 5.41) is 5.19. The van der Waals surface area contributed by atoms with E-state index in [0.717, 1.165) is 21.8 Å². The van der Waals surface area contributed by atoms with E-state index in [1.54, 1.807) is 25.3 Å². The lowest BCUT2D eigenvalue weighted by molar-refractivity contribution is 0.102. The number of ether oxygens (including phenoxy) is 3. The molecule has 3 rings (SSSR count). The van der Waals surface area contributed by atoms with Crippen molar-refractivity contribution >= 4 is 60.5 Å². The first-order chi connectivity index (χ1) is 14.1. The molecule has 0 atom stereocenters. The number of carbonyl (C=O) groups excluding carboxylic acids is 1. The van der Waals surface area contributed by atoms with Gasteiger partial charge in [-0.25, -0.2) is 0 Å². The van der Waals surface area contributed by atoms with Gasteiger partial charge in [-0.15, -0.1) is 11.3 Å². The van der Waals surface area contributed by atoms with Crippen LogP contribution in [0.25, 0.3) is 10.1 Å². The summed E-state index contributed by atoms with van der Waals surface area (Å²) in [6.07, 6.45) is 0.844. The maximum absolute atomic E-state index is 13.1. The molecule has 1 aromatic heterocycles. The first kappa shape index (κ1) is 21.9. The molecule has 29 heavy (non-hydrogen) atoms. The molecule has 2 aromatic carbocycles. The Balaban J connectivity index is 1.88. The molecule has 0 spiro atoms. The van der Waals surface area contributed by atoms with Crippen molar-refractivity contribution < 1.29 is 19.0 Å². The first-order valence-corrected chi connectivity index (χ1v) is 11.4. The number of carbonyl (C=O) groups is 1. The van der Waals surface area contributed by atoms with E-state index in [-0.39, 0.29) is 5.91 Å². The van der Waals surface area contributed by atoms with Gasteiger partial charge in [0.05, 0.1) is 18.9 Å². The summed E-state index contributed by atoms with van der Waals surface area (Å²) in [5.74, 6) is 0.870. The number of amides is 1. The third-order valence-corrected chi connectivity index (χ3v) is 5.96. The van der Waals surface area contributed by atoms with Crippen LogP contribution in [-0.4, -0.2) is 38.2 Å². The van der Waals surface area contributed by atoms with Gasteiger partial charge >= 0.3 is 0 Å². The van der Waals surface area contributed by atoms with E-state index in [0.29, 0.717) is 46.9 Å². The molecule has 0 aliphatic heterocycles. The largest absolute Gasteiger partial charge is 0.491 e. The molecule has 1 N–H and O–H groups in total. The molecule has 5 nitrogen and oxygen atoms in total. The average molecular weight is 499 g/mol. The maximum atomic E-state index is 13.1. The highest BCUT2D eigenvalue weighted by Gasteiger charge is 2.21. The normalized spacial score (nSPS) is 10.9. The van der Waals surface area contributed by atoms with Crippen LogP contribution in [-0.2, 0) is 4.74 Å². The number of hydrogen-bond acceptors (Lipinski definition) is 5. The average Bonchev–Trinajstić information content (AvgIpc) is 3.09. The fourth-order valence-electron chi connectivity index (χ4n) is 2.68. The minimum atomic E-state index is -0.265. The molecule has 0 fully saturated rings. The topological polar surface area (TPSA) is 56.8 Å². The monoisotopic (exact) mass is 497 g/mol. The van der Waals surface area contributed by atoms with Crippen LogP contribution in [0.1, 0.15) is 16.1 Å². The van der Waals surface area contributed by atoms with Gasteiger partial charge in [0.15, 0.2) is 5.75 Å². The summed E-state index contributed by atoms with van der Waals surface area (Å²) < 4.78 is 17.7. The Bertz CT molecular complexity index is 978. The van der Waals surface area contributed by atoms with Crippen LogP contribution in [0.4, 0.5) is 5.69 Å². The van der Waals surface area contributed by atoms with Gasteiger partial charge in [-0.1, -0.05) is 39.7 Å². The van der Waals surface area contributed by atoms with E-state index in [1.807, 2.05) is 24.3 Å². The van der Waals surface area contributed by atoms with Crippen LogP contribution < -0.4 is 14.8 Å². The third-order valence-electron chi connectivity index (χ3n) is 4.02. The highest BCUT2D eigenvalue weighted by atomic mass is 79.9. The Morgan fingerprint density at radius 1 is 1.14 bits per heavy atom. The molecular formula is C21H21BrClNO4S. The summed E-state index contributed by atoms with van der Waals surface area (Å²) >= 11 is 10.9. The van der Waals surface area contributed by atoms with Crippen molar-refractivity contribution in [3.8, 4) is 11.5 Å². The molecule has 0 saturated carbocycles. The Morgan fingerprint density at radius 3 is 2.76 bits per heavy atom. The van der Waals surface area contributed by atoms with E-state index in [2.05, 4.69) is 21.2 Å². The zero-order chi connectivity index (χ0) is 20.6. The minimum Gasteiger partial charge on any atom is -0.491 e. The van der Waals surface area contributed by atoms with Crippen LogP contribution in [0.5, 0.6) is 11.5 Å². The number of thiophene rings is 1. The van der Waals surface area contributed by atoms with Crippen molar-refractivity contribution in [3.05, 3.63) is 52.4 Å². The molecule has 0 aliphatic rings. The second-order valence-electron chi connectivity index (χ2n) is 6.08. The van der Waals surface area contributed by atoms with Crippen molar-refractivity contribution in [2.45, 2.75) is 6.42 Å². The molecule has 0 unspecified atom stereocenters. The molecule has 0 saturated heterocycles. The summed E-state index contributed by atoms with van der Waals surface area (Å²) in [6, 6.07) is 12.9. The summed E-state index contributed by atoms with van der Waals surface area (Å²) in [6.45, 7) is 1.33. The summed E-state index contributed by atoms with van der Waals surface area (Å²) in [4.78, 5) is 13.6. The van der Waals surface area contributed by atoms with Crippen molar-refractivity contribution in [3.63, 3.8) is 0 Å². The fraction of sp³-hybridized carbons (Fsp3) is 0.286. The lowest BCUT2D eigenvalue weighted by atomic mass is 10.2. The Labute approximate surface area is 187 Å². The van der Waals surface area contributed by atoms with E-state index in [4.69, 9.17) is 25.8 Å². The Morgan fingerprint density at radius 2 is 1.97 bits per heavy atom. The van der Waals surface area contributed by atoms with Gasteiger partial charge in [-0.2, -0.15) is 0 Å². The number of alkyl halides is 1. The first-order valence-electron chi connectivity index (χ1n) is 9.07. The van der Waals surface area contributed by atoms with Crippen LogP contribution in [0.2, 0.25) is 5.02 Å². The molecule has 8 heteroatoms. The number of methoxy groups -OCH3 is 1. The maximum Gasteiger partial charge on any atom is 0.269 e. The van der Waals surface area contributed by atoms with E-state index in [1.165, 1.54) is 11.3 Å². The molecule has 0 bridgehead atoms. The van der Waals surface area contributed by atoms with Crippen LogP contribution in [0.3, 0.4) is 0 Å². The van der Waals surface area contributed by atoms with Gasteiger partial charge in [-0.3, -0.25) is 4.79 Å². The number of hydrogen-bond donors (Lipinski definition) is 1. The lowest BCUT2D eigenvalue weighted by Crippen LogP contribution is -2.14. The molecule has 1 heterocycles. The molecule has 0 radical (unpaired) electrons. The SMILES string of the molecule is COCCOc1ccc(Cl)cc1NC(=O)c1sc2ccccc2c1OCCCBr. The third kappa shape index (κ3) is 5.63. The van der Waals surface area contributed by atoms with Crippen molar-refractivity contribution in [2.75, 3.05) is 37.6 Å². The number of fused-ring (bicyclic) bond motifs is 1. The van der Waals surface area contributed by atoms with Gasteiger partial charge in [0.2, 0.25) is 0 Å². The van der Waals surface area contributed by atoms with Crippen molar-refractivity contribution in [1.82, 2.24) is 0 Å². The van der Waals surface area contributed by atoms with E-state index >= 15 is 0 Å².